The summed E-state index contributed by atoms with van der Waals surface area (Å²) < 4.78 is 0. The van der Waals surface area contributed by atoms with Crippen LogP contribution in [0.1, 0.15) is 26.2 Å². The number of carboxylic acid groups (broad SMARTS) is 1. The molecule has 1 heterocycles. The van der Waals surface area contributed by atoms with Gasteiger partial charge in [-0.1, -0.05) is 6.92 Å². The van der Waals surface area contributed by atoms with E-state index >= 15 is 0 Å². The van der Waals surface area contributed by atoms with Gasteiger partial charge in [-0.25, -0.2) is 4.79 Å². The van der Waals surface area contributed by atoms with Crippen molar-refractivity contribution in [3.63, 3.8) is 0 Å². The molecule has 0 aromatic carbocycles. The number of rotatable bonds is 6. The minimum atomic E-state index is -0.758. The number of urea groups is 1. The molecule has 1 aliphatic rings. The molecule has 1 saturated heterocycles. The van der Waals surface area contributed by atoms with Crippen LogP contribution in [0.3, 0.4) is 0 Å². The van der Waals surface area contributed by atoms with Gasteiger partial charge in [0.2, 0.25) is 0 Å². The maximum absolute atomic E-state index is 11.7. The number of nitrogens with one attached hydrogen (secondary N) is 2. The van der Waals surface area contributed by atoms with E-state index in [4.69, 9.17) is 5.11 Å². The second-order valence-corrected chi connectivity index (χ2v) is 4.80. The Labute approximate surface area is 108 Å². The maximum Gasteiger partial charge on any atom is 0.317 e. The average molecular weight is 257 g/mol. The molecule has 1 rings (SSSR count). The summed E-state index contributed by atoms with van der Waals surface area (Å²) in [6, 6.07) is -0.0121. The Kier molecular flexibility index (Phi) is 6.49. The number of hydrogen-bond acceptors (Lipinski definition) is 3. The minimum Gasteiger partial charge on any atom is -0.481 e. The van der Waals surface area contributed by atoms with Gasteiger partial charge in [0.05, 0.1) is 0 Å². The predicted molar refractivity (Wildman–Crippen MR) is 68.5 cm³/mol. The van der Waals surface area contributed by atoms with Crippen LogP contribution in [0, 0.1) is 5.92 Å². The zero-order chi connectivity index (χ0) is 13.4. The molecule has 1 aliphatic heterocycles. The molecule has 6 heteroatoms. The normalized spacial score (nSPS) is 17.3. The first-order chi connectivity index (χ1) is 8.59. The smallest absolute Gasteiger partial charge is 0.317 e. The molecule has 1 unspecified atom stereocenters. The maximum atomic E-state index is 11.7. The topological polar surface area (TPSA) is 81.7 Å². The van der Waals surface area contributed by atoms with Crippen LogP contribution in [0.2, 0.25) is 0 Å². The second kappa shape index (κ2) is 7.92. The fourth-order valence-corrected chi connectivity index (χ4v) is 1.92. The van der Waals surface area contributed by atoms with Crippen molar-refractivity contribution < 1.29 is 14.7 Å². The quantitative estimate of drug-likeness (QED) is 0.647. The van der Waals surface area contributed by atoms with E-state index in [-0.39, 0.29) is 12.5 Å². The van der Waals surface area contributed by atoms with Crippen LogP contribution >= 0.6 is 0 Å². The van der Waals surface area contributed by atoms with E-state index in [1.165, 1.54) is 0 Å². The molecule has 1 fully saturated rings. The molecule has 18 heavy (non-hydrogen) atoms. The lowest BCUT2D eigenvalue weighted by atomic mass is 10.0. The van der Waals surface area contributed by atoms with Crippen molar-refractivity contribution in [3.05, 3.63) is 0 Å². The van der Waals surface area contributed by atoms with Crippen LogP contribution in [-0.2, 0) is 4.79 Å². The number of carbonyl (C=O) groups is 2. The highest BCUT2D eigenvalue weighted by Crippen LogP contribution is 2.09. The van der Waals surface area contributed by atoms with Gasteiger partial charge in [0.25, 0.3) is 0 Å². The Morgan fingerprint density at radius 1 is 1.33 bits per heavy atom. The van der Waals surface area contributed by atoms with Gasteiger partial charge in [0, 0.05) is 39.1 Å². The average Bonchev–Trinajstić information content (AvgIpc) is 2.37. The Morgan fingerprint density at radius 2 is 2.00 bits per heavy atom. The summed E-state index contributed by atoms with van der Waals surface area (Å²) in [6.45, 7) is 5.83. The van der Waals surface area contributed by atoms with Gasteiger partial charge in [-0.15, -0.1) is 0 Å². The highest BCUT2D eigenvalue weighted by atomic mass is 16.4. The summed E-state index contributed by atoms with van der Waals surface area (Å²) in [5.41, 5.74) is 0. The summed E-state index contributed by atoms with van der Waals surface area (Å²) in [5, 5.41) is 14.6. The summed E-state index contributed by atoms with van der Waals surface area (Å²) in [4.78, 5) is 24.0. The van der Waals surface area contributed by atoms with Crippen molar-refractivity contribution in [1.82, 2.24) is 15.5 Å². The molecule has 3 N–H and O–H groups in total. The zero-order valence-corrected chi connectivity index (χ0v) is 10.9. The van der Waals surface area contributed by atoms with Crippen molar-refractivity contribution in [1.29, 1.82) is 0 Å². The lowest BCUT2D eigenvalue weighted by molar-refractivity contribution is -0.137. The molecule has 0 aliphatic carbocycles. The van der Waals surface area contributed by atoms with Crippen LogP contribution in [0.5, 0.6) is 0 Å². The largest absolute Gasteiger partial charge is 0.481 e. The standard InChI is InChI=1S/C12H23N3O3/c1-10(2-3-11(16)17)4-5-14-12(18)15-8-6-13-7-9-15/h10,13H,2-9H2,1H3,(H,14,18)(H,16,17). The van der Waals surface area contributed by atoms with Gasteiger partial charge in [0.15, 0.2) is 0 Å². The molecule has 0 spiro atoms. The summed E-state index contributed by atoms with van der Waals surface area (Å²) in [6.07, 6.45) is 1.69. The molecule has 0 aromatic heterocycles. The molecule has 0 bridgehead atoms. The van der Waals surface area contributed by atoms with E-state index in [0.717, 1.165) is 32.6 Å². The zero-order valence-electron chi connectivity index (χ0n) is 10.9. The van der Waals surface area contributed by atoms with E-state index in [0.29, 0.717) is 18.9 Å². The summed E-state index contributed by atoms with van der Waals surface area (Å²) in [7, 11) is 0. The van der Waals surface area contributed by atoms with Crippen LogP contribution < -0.4 is 10.6 Å². The molecule has 1 atom stereocenters. The highest BCUT2D eigenvalue weighted by Gasteiger charge is 2.15. The van der Waals surface area contributed by atoms with E-state index in [1.807, 2.05) is 6.92 Å². The molecule has 6 nitrogen and oxygen atoms in total. The van der Waals surface area contributed by atoms with Gasteiger partial charge in [-0.3, -0.25) is 4.79 Å². The van der Waals surface area contributed by atoms with Crippen molar-refractivity contribution in [2.75, 3.05) is 32.7 Å². The number of carboxylic acids is 1. The number of hydrogen-bond donors (Lipinski definition) is 3. The molecule has 0 aromatic rings. The Bertz CT molecular complexity index is 278. The fourth-order valence-electron chi connectivity index (χ4n) is 1.92. The van der Waals surface area contributed by atoms with Crippen LogP contribution in [0.25, 0.3) is 0 Å². The molecular formula is C12H23N3O3. The third-order valence-electron chi connectivity index (χ3n) is 3.17. The number of piperazine rings is 1. The van der Waals surface area contributed by atoms with Crippen molar-refractivity contribution in [3.8, 4) is 0 Å². The molecule has 0 radical (unpaired) electrons. The van der Waals surface area contributed by atoms with E-state index in [9.17, 15) is 9.59 Å². The van der Waals surface area contributed by atoms with Gasteiger partial charge in [-0.2, -0.15) is 0 Å². The fraction of sp³-hybridized carbons (Fsp3) is 0.833. The second-order valence-electron chi connectivity index (χ2n) is 4.80. The highest BCUT2D eigenvalue weighted by molar-refractivity contribution is 5.74. The lowest BCUT2D eigenvalue weighted by Gasteiger charge is -2.27. The van der Waals surface area contributed by atoms with Crippen molar-refractivity contribution in [2.24, 2.45) is 5.92 Å². The first-order valence-corrected chi connectivity index (χ1v) is 6.55. The van der Waals surface area contributed by atoms with E-state index in [1.54, 1.807) is 4.90 Å². The van der Waals surface area contributed by atoms with Crippen LogP contribution in [-0.4, -0.2) is 54.7 Å². The first kappa shape index (κ1) is 14.8. The Balaban J connectivity index is 2.08. The van der Waals surface area contributed by atoms with Gasteiger partial charge < -0.3 is 20.6 Å². The van der Waals surface area contributed by atoms with E-state index in [2.05, 4.69) is 10.6 Å². The summed E-state index contributed by atoms with van der Waals surface area (Å²) >= 11 is 0. The Hall–Kier alpha value is -1.30. The first-order valence-electron chi connectivity index (χ1n) is 6.55. The molecule has 2 amide bonds. The summed E-state index contributed by atoms with van der Waals surface area (Å²) in [5.74, 6) is -0.434. The predicted octanol–water partition coefficient (Wildman–Crippen LogP) is 0.492. The molecule has 0 saturated carbocycles. The van der Waals surface area contributed by atoms with Crippen molar-refractivity contribution in [2.45, 2.75) is 26.2 Å². The number of carbonyl (C=O) groups excluding carboxylic acids is 1. The van der Waals surface area contributed by atoms with E-state index < -0.39 is 5.97 Å². The third kappa shape index (κ3) is 5.86. The molecular weight excluding hydrogens is 234 g/mol. The Morgan fingerprint density at radius 3 is 2.61 bits per heavy atom. The molecule has 104 valence electrons. The SMILES string of the molecule is CC(CCNC(=O)N1CCNCC1)CCC(=O)O. The van der Waals surface area contributed by atoms with Gasteiger partial charge >= 0.3 is 12.0 Å². The van der Waals surface area contributed by atoms with Crippen LogP contribution in [0.4, 0.5) is 4.79 Å². The minimum absolute atomic E-state index is 0.0121. The van der Waals surface area contributed by atoms with Gasteiger partial charge in [-0.05, 0) is 18.8 Å². The third-order valence-corrected chi connectivity index (χ3v) is 3.17. The monoisotopic (exact) mass is 257 g/mol. The number of nitrogens with zero attached hydrogens (tertiary/aromatic N) is 1. The number of aliphatic carboxylic acids is 1. The van der Waals surface area contributed by atoms with Crippen LogP contribution in [0.15, 0.2) is 0 Å². The van der Waals surface area contributed by atoms with Gasteiger partial charge in [0.1, 0.15) is 0 Å². The number of amides is 2. The van der Waals surface area contributed by atoms with Crippen molar-refractivity contribution >= 4 is 12.0 Å². The lowest BCUT2D eigenvalue weighted by Crippen LogP contribution is -2.50.